The molecule has 0 aromatic heterocycles. The molecule has 1 saturated heterocycles. The van der Waals surface area contributed by atoms with Gasteiger partial charge >= 0.3 is 0 Å². The van der Waals surface area contributed by atoms with Gasteiger partial charge in [-0.25, -0.2) is 4.39 Å². The highest BCUT2D eigenvalue weighted by Gasteiger charge is 2.14. The molecule has 1 atom stereocenters. The molecular formula is C11H15FN2S2. The Hall–Kier alpha value is -0.550. The van der Waals surface area contributed by atoms with Gasteiger partial charge < -0.3 is 11.1 Å². The summed E-state index contributed by atoms with van der Waals surface area (Å²) in [5.74, 6) is 3.25. The van der Waals surface area contributed by atoms with E-state index in [0.29, 0.717) is 10.9 Å². The maximum atomic E-state index is 13.2. The lowest BCUT2D eigenvalue weighted by molar-refractivity contribution is 0.633. The summed E-state index contributed by atoms with van der Waals surface area (Å²) in [7, 11) is 0. The fourth-order valence-corrected chi connectivity index (χ4v) is 4.18. The molecule has 1 aliphatic rings. The van der Waals surface area contributed by atoms with Crippen LogP contribution in [0.5, 0.6) is 0 Å². The van der Waals surface area contributed by atoms with Crippen LogP contribution in [0.4, 0.5) is 15.8 Å². The summed E-state index contributed by atoms with van der Waals surface area (Å²) >= 11 is 3.95. The van der Waals surface area contributed by atoms with Gasteiger partial charge in [0.15, 0.2) is 0 Å². The SMILES string of the molecule is Nc1c(F)cccc1NCC1CSCCS1. The molecule has 88 valence electrons. The standard InChI is InChI=1S/C11H15FN2S2/c12-9-2-1-3-10(11(9)13)14-6-8-7-15-4-5-16-8/h1-3,8,14H,4-7,13H2. The first-order valence-electron chi connectivity index (χ1n) is 5.24. The molecule has 1 aromatic rings. The zero-order valence-corrected chi connectivity index (χ0v) is 10.5. The van der Waals surface area contributed by atoms with Crippen molar-refractivity contribution >= 4 is 34.9 Å². The molecule has 1 fully saturated rings. The van der Waals surface area contributed by atoms with Gasteiger partial charge in [0, 0.05) is 29.1 Å². The van der Waals surface area contributed by atoms with E-state index in [1.165, 1.54) is 17.6 Å². The van der Waals surface area contributed by atoms with Crippen molar-refractivity contribution in [2.24, 2.45) is 0 Å². The molecule has 0 aliphatic carbocycles. The van der Waals surface area contributed by atoms with Gasteiger partial charge in [-0.15, -0.1) is 0 Å². The highest BCUT2D eigenvalue weighted by Crippen LogP contribution is 2.26. The number of hydrogen-bond acceptors (Lipinski definition) is 4. The summed E-state index contributed by atoms with van der Waals surface area (Å²) in [5, 5.41) is 3.82. The largest absolute Gasteiger partial charge is 0.395 e. The summed E-state index contributed by atoms with van der Waals surface area (Å²) in [6.45, 7) is 0.852. The first-order chi connectivity index (χ1) is 7.77. The quantitative estimate of drug-likeness (QED) is 0.818. The summed E-state index contributed by atoms with van der Waals surface area (Å²) in [4.78, 5) is 0. The highest BCUT2D eigenvalue weighted by atomic mass is 32.2. The van der Waals surface area contributed by atoms with Crippen LogP contribution in [-0.2, 0) is 0 Å². The third-order valence-corrected chi connectivity index (χ3v) is 5.30. The van der Waals surface area contributed by atoms with Crippen molar-refractivity contribution in [3.63, 3.8) is 0 Å². The fourth-order valence-electron chi connectivity index (χ4n) is 1.57. The van der Waals surface area contributed by atoms with Crippen LogP contribution in [0, 0.1) is 5.82 Å². The van der Waals surface area contributed by atoms with Crippen LogP contribution in [0.25, 0.3) is 0 Å². The van der Waals surface area contributed by atoms with Crippen LogP contribution in [-0.4, -0.2) is 29.1 Å². The topological polar surface area (TPSA) is 38.0 Å². The number of thioether (sulfide) groups is 2. The molecule has 5 heteroatoms. The van der Waals surface area contributed by atoms with E-state index in [-0.39, 0.29) is 11.5 Å². The molecule has 0 saturated carbocycles. The predicted molar refractivity (Wildman–Crippen MR) is 72.9 cm³/mol. The Bertz CT molecular complexity index is 354. The summed E-state index contributed by atoms with van der Waals surface area (Å²) < 4.78 is 13.2. The number of para-hydroxylation sites is 1. The normalized spacial score (nSPS) is 20.7. The number of nitrogens with two attached hydrogens (primary N) is 1. The van der Waals surface area contributed by atoms with E-state index >= 15 is 0 Å². The summed E-state index contributed by atoms with van der Waals surface area (Å²) in [6.07, 6.45) is 0. The van der Waals surface area contributed by atoms with E-state index in [1.807, 2.05) is 29.6 Å². The molecular weight excluding hydrogens is 243 g/mol. The van der Waals surface area contributed by atoms with Gasteiger partial charge in [0.2, 0.25) is 0 Å². The second kappa shape index (κ2) is 5.68. The fraction of sp³-hybridized carbons (Fsp3) is 0.455. The number of hydrogen-bond donors (Lipinski definition) is 2. The van der Waals surface area contributed by atoms with Crippen LogP contribution in [0.1, 0.15) is 0 Å². The Morgan fingerprint density at radius 1 is 1.44 bits per heavy atom. The van der Waals surface area contributed by atoms with Gasteiger partial charge in [-0.05, 0) is 12.1 Å². The van der Waals surface area contributed by atoms with E-state index in [9.17, 15) is 4.39 Å². The lowest BCUT2D eigenvalue weighted by Crippen LogP contribution is -2.23. The Morgan fingerprint density at radius 3 is 3.06 bits per heavy atom. The minimum Gasteiger partial charge on any atom is -0.395 e. The first kappa shape index (κ1) is 11.9. The third kappa shape index (κ3) is 2.98. The van der Waals surface area contributed by atoms with Crippen LogP contribution >= 0.6 is 23.5 Å². The average Bonchev–Trinajstić information content (AvgIpc) is 2.32. The minimum absolute atomic E-state index is 0.218. The monoisotopic (exact) mass is 258 g/mol. The van der Waals surface area contributed by atoms with E-state index in [0.717, 1.165) is 12.3 Å². The zero-order valence-electron chi connectivity index (χ0n) is 8.91. The van der Waals surface area contributed by atoms with Crippen LogP contribution in [0.3, 0.4) is 0 Å². The molecule has 1 aliphatic heterocycles. The lowest BCUT2D eigenvalue weighted by Gasteiger charge is -2.22. The minimum atomic E-state index is -0.351. The van der Waals surface area contributed by atoms with Gasteiger partial charge in [-0.2, -0.15) is 23.5 Å². The Morgan fingerprint density at radius 2 is 2.31 bits per heavy atom. The summed E-state index contributed by atoms with van der Waals surface area (Å²) in [5.41, 5.74) is 6.57. The van der Waals surface area contributed by atoms with E-state index < -0.39 is 0 Å². The molecule has 1 aromatic carbocycles. The molecule has 3 N–H and O–H groups in total. The second-order valence-electron chi connectivity index (χ2n) is 3.65. The van der Waals surface area contributed by atoms with Crippen LogP contribution < -0.4 is 11.1 Å². The van der Waals surface area contributed by atoms with Crippen molar-refractivity contribution in [3.05, 3.63) is 24.0 Å². The van der Waals surface area contributed by atoms with Crippen LogP contribution in [0.2, 0.25) is 0 Å². The molecule has 0 amide bonds. The van der Waals surface area contributed by atoms with Gasteiger partial charge in [0.05, 0.1) is 11.4 Å². The zero-order chi connectivity index (χ0) is 11.4. The molecule has 0 bridgehead atoms. The number of rotatable bonds is 3. The average molecular weight is 258 g/mol. The van der Waals surface area contributed by atoms with Gasteiger partial charge in [-0.3, -0.25) is 0 Å². The van der Waals surface area contributed by atoms with Crippen molar-refractivity contribution in [1.82, 2.24) is 0 Å². The van der Waals surface area contributed by atoms with Crippen molar-refractivity contribution in [1.29, 1.82) is 0 Å². The van der Waals surface area contributed by atoms with E-state index in [1.54, 1.807) is 6.07 Å². The number of halogens is 1. The molecule has 2 nitrogen and oxygen atoms in total. The number of benzene rings is 1. The molecule has 0 spiro atoms. The lowest BCUT2D eigenvalue weighted by atomic mass is 10.2. The highest BCUT2D eigenvalue weighted by molar-refractivity contribution is 8.06. The Kier molecular flexibility index (Phi) is 4.23. The van der Waals surface area contributed by atoms with Crippen molar-refractivity contribution < 1.29 is 4.39 Å². The maximum Gasteiger partial charge on any atom is 0.148 e. The number of nitrogen functional groups attached to an aromatic ring is 1. The molecule has 0 radical (unpaired) electrons. The third-order valence-electron chi connectivity index (χ3n) is 2.46. The van der Waals surface area contributed by atoms with Crippen molar-refractivity contribution in [2.75, 3.05) is 34.9 Å². The second-order valence-corrected chi connectivity index (χ2v) is 6.21. The first-order valence-corrected chi connectivity index (χ1v) is 7.45. The Balaban J connectivity index is 1.91. The molecule has 1 unspecified atom stereocenters. The maximum absolute atomic E-state index is 13.2. The van der Waals surface area contributed by atoms with E-state index in [4.69, 9.17) is 5.73 Å². The number of anilines is 2. The molecule has 16 heavy (non-hydrogen) atoms. The summed E-state index contributed by atoms with van der Waals surface area (Å²) in [6, 6.07) is 4.88. The van der Waals surface area contributed by atoms with Crippen molar-refractivity contribution in [3.8, 4) is 0 Å². The van der Waals surface area contributed by atoms with Gasteiger partial charge in [-0.1, -0.05) is 6.07 Å². The van der Waals surface area contributed by atoms with Crippen LogP contribution in [0.15, 0.2) is 18.2 Å². The molecule has 1 heterocycles. The molecule has 2 rings (SSSR count). The predicted octanol–water partition coefficient (Wildman–Crippen LogP) is 2.67. The Labute approximate surface area is 104 Å². The van der Waals surface area contributed by atoms with Crippen molar-refractivity contribution in [2.45, 2.75) is 5.25 Å². The smallest absolute Gasteiger partial charge is 0.148 e. The van der Waals surface area contributed by atoms with E-state index in [2.05, 4.69) is 5.32 Å². The number of nitrogens with one attached hydrogen (secondary N) is 1. The van der Waals surface area contributed by atoms with Gasteiger partial charge in [0.25, 0.3) is 0 Å². The van der Waals surface area contributed by atoms with Gasteiger partial charge in [0.1, 0.15) is 5.82 Å².